The van der Waals surface area contributed by atoms with Gasteiger partial charge in [-0.1, -0.05) is 6.92 Å². The molecule has 2 N–H and O–H groups in total. The van der Waals surface area contributed by atoms with Crippen LogP contribution in [0.5, 0.6) is 0 Å². The molecule has 2 heterocycles. The molecule has 0 spiro atoms. The molecule has 0 radical (unpaired) electrons. The quantitative estimate of drug-likeness (QED) is 0.824. The van der Waals surface area contributed by atoms with Gasteiger partial charge in [0.25, 0.3) is 0 Å². The van der Waals surface area contributed by atoms with Gasteiger partial charge in [0, 0.05) is 37.7 Å². The lowest BCUT2D eigenvalue weighted by molar-refractivity contribution is 0.505. The zero-order valence-electron chi connectivity index (χ0n) is 10.2. The van der Waals surface area contributed by atoms with Crippen molar-refractivity contribution in [3.8, 4) is 0 Å². The minimum absolute atomic E-state index is 0.0854. The normalized spacial score (nSPS) is 12.8. The maximum Gasteiger partial charge on any atom is 0.0948 e. The van der Waals surface area contributed by atoms with Crippen molar-refractivity contribution in [1.29, 1.82) is 0 Å². The summed E-state index contributed by atoms with van der Waals surface area (Å²) in [5, 5.41) is 4.18. The van der Waals surface area contributed by atoms with E-state index in [2.05, 4.69) is 21.6 Å². The summed E-state index contributed by atoms with van der Waals surface area (Å²) in [5.41, 5.74) is 7.15. The second kappa shape index (κ2) is 5.63. The number of hydrogen-bond donors (Lipinski definition) is 1. The summed E-state index contributed by atoms with van der Waals surface area (Å²) in [7, 11) is 0. The molecule has 1 atom stereocenters. The highest BCUT2D eigenvalue weighted by atomic mass is 15.3. The van der Waals surface area contributed by atoms with Crippen molar-refractivity contribution in [2.75, 3.05) is 0 Å². The van der Waals surface area contributed by atoms with Crippen molar-refractivity contribution in [1.82, 2.24) is 19.3 Å². The molecule has 2 rings (SSSR count). The third-order valence-electron chi connectivity index (χ3n) is 2.91. The van der Waals surface area contributed by atoms with Crippen LogP contribution in [0.15, 0.2) is 31.0 Å². The van der Waals surface area contributed by atoms with Crippen LogP contribution in [0.4, 0.5) is 0 Å². The molecule has 0 saturated carbocycles. The average Bonchev–Trinajstić information content (AvgIpc) is 2.99. The van der Waals surface area contributed by atoms with Crippen LogP contribution in [0.25, 0.3) is 0 Å². The predicted molar refractivity (Wildman–Crippen MR) is 66.3 cm³/mol. The minimum Gasteiger partial charge on any atom is -0.333 e. The molecule has 0 saturated heterocycles. The van der Waals surface area contributed by atoms with Crippen molar-refractivity contribution in [3.05, 3.63) is 36.7 Å². The molecular formula is C12H19N5. The van der Waals surface area contributed by atoms with Crippen LogP contribution in [0.1, 0.15) is 31.5 Å². The number of aromatic nitrogens is 4. The molecule has 0 bridgehead atoms. The third kappa shape index (κ3) is 2.94. The van der Waals surface area contributed by atoms with Gasteiger partial charge in [0.05, 0.1) is 12.0 Å². The lowest BCUT2D eigenvalue weighted by atomic mass is 10.2. The van der Waals surface area contributed by atoms with E-state index in [4.69, 9.17) is 5.73 Å². The molecule has 92 valence electrons. The van der Waals surface area contributed by atoms with Gasteiger partial charge in [0.2, 0.25) is 0 Å². The van der Waals surface area contributed by atoms with Crippen molar-refractivity contribution in [2.45, 2.75) is 38.9 Å². The van der Waals surface area contributed by atoms with Crippen molar-refractivity contribution < 1.29 is 0 Å². The fourth-order valence-electron chi connectivity index (χ4n) is 1.87. The largest absolute Gasteiger partial charge is 0.333 e. The first kappa shape index (κ1) is 11.9. The number of nitrogens with zero attached hydrogens (tertiary/aromatic N) is 4. The Labute approximate surface area is 101 Å². The minimum atomic E-state index is 0.0854. The van der Waals surface area contributed by atoms with E-state index in [9.17, 15) is 0 Å². The van der Waals surface area contributed by atoms with E-state index in [1.165, 1.54) is 0 Å². The van der Waals surface area contributed by atoms with Gasteiger partial charge in [-0.05, 0) is 18.9 Å². The first-order chi connectivity index (χ1) is 8.31. The van der Waals surface area contributed by atoms with Gasteiger partial charge in [-0.2, -0.15) is 5.10 Å². The Balaban J connectivity index is 1.88. The van der Waals surface area contributed by atoms with Crippen LogP contribution in [0.3, 0.4) is 0 Å². The number of aryl methyl sites for hydroxylation is 2. The molecular weight excluding hydrogens is 214 g/mol. The summed E-state index contributed by atoms with van der Waals surface area (Å²) in [4.78, 5) is 4.17. The summed E-state index contributed by atoms with van der Waals surface area (Å²) in [6.45, 7) is 3.95. The lowest BCUT2D eigenvalue weighted by Gasteiger charge is -2.12. The molecule has 0 aliphatic heterocycles. The maximum absolute atomic E-state index is 6.03. The van der Waals surface area contributed by atoms with Crippen LogP contribution >= 0.6 is 0 Å². The second-order valence-electron chi connectivity index (χ2n) is 4.15. The van der Waals surface area contributed by atoms with Crippen molar-refractivity contribution in [3.63, 3.8) is 0 Å². The van der Waals surface area contributed by atoms with Gasteiger partial charge in [-0.25, -0.2) is 4.98 Å². The van der Waals surface area contributed by atoms with Gasteiger partial charge in [-0.3, -0.25) is 4.68 Å². The highest BCUT2D eigenvalue weighted by molar-refractivity contribution is 5.04. The SMILES string of the molecule is CC[C@@H](N)c1cncn1CCCn1cccn1. The second-order valence-corrected chi connectivity index (χ2v) is 4.15. The van der Waals surface area contributed by atoms with E-state index in [0.717, 1.165) is 31.6 Å². The molecule has 0 aromatic carbocycles. The van der Waals surface area contributed by atoms with Crippen LogP contribution in [-0.2, 0) is 13.1 Å². The summed E-state index contributed by atoms with van der Waals surface area (Å²) < 4.78 is 4.08. The maximum atomic E-state index is 6.03. The fourth-order valence-corrected chi connectivity index (χ4v) is 1.87. The highest BCUT2D eigenvalue weighted by Crippen LogP contribution is 2.13. The highest BCUT2D eigenvalue weighted by Gasteiger charge is 2.08. The average molecular weight is 233 g/mol. The molecule has 0 aliphatic rings. The van der Waals surface area contributed by atoms with Crippen LogP contribution in [-0.4, -0.2) is 19.3 Å². The molecule has 2 aromatic heterocycles. The Morgan fingerprint density at radius 1 is 1.41 bits per heavy atom. The molecule has 0 fully saturated rings. The Morgan fingerprint density at radius 2 is 2.29 bits per heavy atom. The zero-order valence-corrected chi connectivity index (χ0v) is 10.2. The number of nitrogens with two attached hydrogens (primary N) is 1. The van der Waals surface area contributed by atoms with E-state index < -0.39 is 0 Å². The molecule has 17 heavy (non-hydrogen) atoms. The van der Waals surface area contributed by atoms with Gasteiger partial charge >= 0.3 is 0 Å². The molecule has 5 heteroatoms. The fraction of sp³-hybridized carbons (Fsp3) is 0.500. The van der Waals surface area contributed by atoms with E-state index in [-0.39, 0.29) is 6.04 Å². The number of hydrogen-bond acceptors (Lipinski definition) is 3. The van der Waals surface area contributed by atoms with Gasteiger partial charge in [0.1, 0.15) is 0 Å². The van der Waals surface area contributed by atoms with Gasteiger partial charge < -0.3 is 10.3 Å². The van der Waals surface area contributed by atoms with Gasteiger partial charge in [0.15, 0.2) is 0 Å². The first-order valence-corrected chi connectivity index (χ1v) is 6.04. The van der Waals surface area contributed by atoms with E-state index in [0.29, 0.717) is 0 Å². The molecule has 0 unspecified atom stereocenters. The van der Waals surface area contributed by atoms with E-state index in [1.54, 1.807) is 6.20 Å². The third-order valence-corrected chi connectivity index (χ3v) is 2.91. The number of rotatable bonds is 6. The standard InChI is InChI=1S/C12H19N5/c1-2-11(13)12-9-14-10-16(12)6-4-8-17-7-3-5-15-17/h3,5,7,9-11H,2,4,6,8,13H2,1H3/t11-/m1/s1. The summed E-state index contributed by atoms with van der Waals surface area (Å²) in [5.74, 6) is 0. The predicted octanol–water partition coefficient (Wildman–Crippen LogP) is 1.58. The zero-order chi connectivity index (χ0) is 12.1. The van der Waals surface area contributed by atoms with Crippen molar-refractivity contribution >= 4 is 0 Å². The van der Waals surface area contributed by atoms with E-state index in [1.807, 2.05) is 29.5 Å². The Kier molecular flexibility index (Phi) is 3.93. The summed E-state index contributed by atoms with van der Waals surface area (Å²) in [6, 6.07) is 2.03. The molecule has 0 aliphatic carbocycles. The molecule has 0 amide bonds. The summed E-state index contributed by atoms with van der Waals surface area (Å²) in [6.07, 6.45) is 9.46. The van der Waals surface area contributed by atoms with Crippen LogP contribution in [0.2, 0.25) is 0 Å². The lowest BCUT2D eigenvalue weighted by Crippen LogP contribution is -2.15. The first-order valence-electron chi connectivity index (χ1n) is 6.04. The van der Waals surface area contributed by atoms with Gasteiger partial charge in [-0.15, -0.1) is 0 Å². The molecule has 5 nitrogen and oxygen atoms in total. The van der Waals surface area contributed by atoms with E-state index >= 15 is 0 Å². The Hall–Kier alpha value is -1.62. The Morgan fingerprint density at radius 3 is 3.00 bits per heavy atom. The topological polar surface area (TPSA) is 61.7 Å². The molecule has 2 aromatic rings. The Bertz CT molecular complexity index is 431. The van der Waals surface area contributed by atoms with Crippen LogP contribution in [0, 0.1) is 0 Å². The number of imidazole rings is 1. The van der Waals surface area contributed by atoms with Crippen LogP contribution < -0.4 is 5.73 Å². The monoisotopic (exact) mass is 233 g/mol. The summed E-state index contributed by atoms with van der Waals surface area (Å²) >= 11 is 0. The smallest absolute Gasteiger partial charge is 0.0948 e. The van der Waals surface area contributed by atoms with Crippen molar-refractivity contribution in [2.24, 2.45) is 5.73 Å².